The van der Waals surface area contributed by atoms with Crippen molar-refractivity contribution in [2.24, 2.45) is 0 Å². The second-order valence-electron chi connectivity index (χ2n) is 4.45. The fourth-order valence-corrected chi connectivity index (χ4v) is 2.27. The molecule has 0 aliphatic carbocycles. The summed E-state index contributed by atoms with van der Waals surface area (Å²) in [6.07, 6.45) is 2.83. The molecule has 6 heteroatoms. The van der Waals surface area contributed by atoms with Gasteiger partial charge in [-0.1, -0.05) is 57.2 Å². The van der Waals surface area contributed by atoms with Gasteiger partial charge in [-0.3, -0.25) is 9.59 Å². The molecule has 0 aliphatic heterocycles. The lowest BCUT2D eigenvalue weighted by Gasteiger charge is -2.04. The zero-order valence-electron chi connectivity index (χ0n) is 11.2. The first kappa shape index (κ1) is 18.5. The number of hydrogen-bond donors (Lipinski definition) is 0. The molecule has 0 atom stereocenters. The average molecular weight is 298 g/mol. The van der Waals surface area contributed by atoms with E-state index in [1.165, 1.54) is 19.3 Å². The van der Waals surface area contributed by atoms with Crippen molar-refractivity contribution in [1.29, 1.82) is 0 Å². The first-order chi connectivity index (χ1) is 8.88. The summed E-state index contributed by atoms with van der Waals surface area (Å²) in [6, 6.07) is 0. The van der Waals surface area contributed by atoms with Crippen LogP contribution in [0.1, 0.15) is 58.3 Å². The van der Waals surface area contributed by atoms with E-state index in [2.05, 4.69) is 6.92 Å². The molecule has 0 aromatic heterocycles. The maximum absolute atomic E-state index is 11.9. The normalized spacial score (nSPS) is 11.6. The summed E-state index contributed by atoms with van der Waals surface area (Å²) in [5.41, 5.74) is 0. The van der Waals surface area contributed by atoms with Crippen molar-refractivity contribution in [2.75, 3.05) is 5.75 Å². The molecular formula is C13H21F3O2S. The SMILES string of the molecule is CCCCCCCCCC(=O)SCC(=O)C(F)(F)F. The zero-order chi connectivity index (χ0) is 14.7. The van der Waals surface area contributed by atoms with Gasteiger partial charge in [0.15, 0.2) is 5.12 Å². The van der Waals surface area contributed by atoms with Gasteiger partial charge in [0.2, 0.25) is 5.78 Å². The van der Waals surface area contributed by atoms with Crippen LogP contribution in [0.2, 0.25) is 0 Å². The van der Waals surface area contributed by atoms with Crippen LogP contribution in [0.3, 0.4) is 0 Å². The summed E-state index contributed by atoms with van der Waals surface area (Å²) >= 11 is 0.475. The first-order valence-corrected chi connectivity index (χ1v) is 7.62. The predicted octanol–water partition coefficient (Wildman–Crippen LogP) is 4.52. The van der Waals surface area contributed by atoms with Crippen molar-refractivity contribution < 1.29 is 22.8 Å². The maximum atomic E-state index is 11.9. The van der Waals surface area contributed by atoms with E-state index in [1.54, 1.807) is 0 Å². The lowest BCUT2D eigenvalue weighted by Crippen LogP contribution is -2.25. The summed E-state index contributed by atoms with van der Waals surface area (Å²) in [5.74, 6) is -2.64. The Labute approximate surface area is 116 Å². The molecule has 0 fully saturated rings. The third kappa shape index (κ3) is 11.0. The number of alkyl halides is 3. The maximum Gasteiger partial charge on any atom is 0.450 e. The van der Waals surface area contributed by atoms with Crippen molar-refractivity contribution in [3.63, 3.8) is 0 Å². The number of hydrogen-bond acceptors (Lipinski definition) is 3. The van der Waals surface area contributed by atoms with Crippen molar-refractivity contribution in [3.05, 3.63) is 0 Å². The molecule has 0 N–H and O–H groups in total. The Kier molecular flexibility index (Phi) is 10.0. The standard InChI is InChI=1S/C13H21F3O2S/c1-2-3-4-5-6-7-8-9-12(18)19-10-11(17)13(14,15)16/h2-10H2,1H3. The third-order valence-electron chi connectivity index (χ3n) is 2.66. The number of Topliss-reactive ketones (excluding diaryl/α,β-unsaturated/α-hetero) is 1. The molecular weight excluding hydrogens is 277 g/mol. The molecule has 0 radical (unpaired) electrons. The lowest BCUT2D eigenvalue weighted by atomic mass is 10.1. The van der Waals surface area contributed by atoms with Crippen molar-refractivity contribution >= 4 is 22.7 Å². The highest BCUT2D eigenvalue weighted by atomic mass is 32.2. The largest absolute Gasteiger partial charge is 0.450 e. The summed E-state index contributed by atoms with van der Waals surface area (Å²) in [5, 5.41) is -0.328. The Hall–Kier alpha value is -0.520. The molecule has 2 nitrogen and oxygen atoms in total. The predicted molar refractivity (Wildman–Crippen MR) is 71.1 cm³/mol. The molecule has 0 aromatic rings. The summed E-state index contributed by atoms with van der Waals surface area (Å²) in [7, 11) is 0. The van der Waals surface area contributed by atoms with E-state index >= 15 is 0 Å². The number of ketones is 1. The highest BCUT2D eigenvalue weighted by Crippen LogP contribution is 2.20. The Balaban J connectivity index is 3.48. The molecule has 112 valence electrons. The Morgan fingerprint density at radius 2 is 1.47 bits per heavy atom. The van der Waals surface area contributed by atoms with E-state index in [1.807, 2.05) is 0 Å². The van der Waals surface area contributed by atoms with Crippen LogP contribution in [0.15, 0.2) is 0 Å². The van der Waals surface area contributed by atoms with Gasteiger partial charge in [-0.2, -0.15) is 13.2 Å². The van der Waals surface area contributed by atoms with Crippen molar-refractivity contribution in [2.45, 2.75) is 64.5 Å². The molecule has 19 heavy (non-hydrogen) atoms. The fraction of sp³-hybridized carbons (Fsp3) is 0.846. The van der Waals surface area contributed by atoms with Crippen LogP contribution in [0, 0.1) is 0 Å². The van der Waals surface area contributed by atoms with E-state index in [-0.39, 0.29) is 11.5 Å². The van der Waals surface area contributed by atoms with Crippen LogP contribution in [-0.4, -0.2) is 22.8 Å². The van der Waals surface area contributed by atoms with Gasteiger partial charge in [0, 0.05) is 6.42 Å². The second-order valence-corrected chi connectivity index (χ2v) is 5.49. The topological polar surface area (TPSA) is 34.1 Å². The number of halogens is 3. The van der Waals surface area contributed by atoms with E-state index in [9.17, 15) is 22.8 Å². The molecule has 0 saturated carbocycles. The monoisotopic (exact) mass is 298 g/mol. The van der Waals surface area contributed by atoms with Crippen molar-refractivity contribution in [1.82, 2.24) is 0 Å². The fourth-order valence-electron chi connectivity index (χ4n) is 1.53. The first-order valence-electron chi connectivity index (χ1n) is 6.63. The number of thioether (sulfide) groups is 1. The second kappa shape index (κ2) is 10.3. The third-order valence-corrected chi connectivity index (χ3v) is 3.60. The van der Waals surface area contributed by atoms with Crippen LogP contribution in [0.25, 0.3) is 0 Å². The quantitative estimate of drug-likeness (QED) is 0.556. The van der Waals surface area contributed by atoms with Crippen molar-refractivity contribution in [3.8, 4) is 0 Å². The Morgan fingerprint density at radius 3 is 2.00 bits per heavy atom. The zero-order valence-corrected chi connectivity index (χ0v) is 12.0. The van der Waals surface area contributed by atoms with Gasteiger partial charge in [-0.25, -0.2) is 0 Å². The van der Waals surface area contributed by atoms with Gasteiger partial charge in [0.25, 0.3) is 0 Å². The minimum absolute atomic E-state index is 0.254. The molecule has 0 unspecified atom stereocenters. The average Bonchev–Trinajstić information content (AvgIpc) is 2.33. The van der Waals surface area contributed by atoms with E-state index in [0.29, 0.717) is 18.2 Å². The van der Waals surface area contributed by atoms with Gasteiger partial charge in [0.05, 0.1) is 5.75 Å². The summed E-state index contributed by atoms with van der Waals surface area (Å²) < 4.78 is 35.6. The number of carbonyl (C=O) groups is 2. The molecule has 0 aromatic carbocycles. The Morgan fingerprint density at radius 1 is 0.947 bits per heavy atom. The molecule has 0 bridgehead atoms. The highest BCUT2D eigenvalue weighted by molar-refractivity contribution is 8.14. The molecule has 0 rings (SSSR count). The van der Waals surface area contributed by atoms with Gasteiger partial charge in [-0.05, 0) is 6.42 Å². The van der Waals surface area contributed by atoms with Gasteiger partial charge < -0.3 is 0 Å². The summed E-state index contributed by atoms with van der Waals surface area (Å²) in [6.45, 7) is 2.14. The lowest BCUT2D eigenvalue weighted by molar-refractivity contribution is -0.167. The molecule has 0 aliphatic rings. The van der Waals surface area contributed by atoms with E-state index in [4.69, 9.17) is 0 Å². The number of carbonyl (C=O) groups excluding carboxylic acids is 2. The van der Waals surface area contributed by atoms with E-state index < -0.39 is 17.7 Å². The van der Waals surface area contributed by atoms with Crippen LogP contribution < -0.4 is 0 Å². The highest BCUT2D eigenvalue weighted by Gasteiger charge is 2.37. The van der Waals surface area contributed by atoms with Gasteiger partial charge >= 0.3 is 6.18 Å². The molecule has 0 heterocycles. The Bertz CT molecular complexity index is 278. The van der Waals surface area contributed by atoms with Gasteiger partial charge in [-0.15, -0.1) is 0 Å². The van der Waals surface area contributed by atoms with Crippen LogP contribution in [-0.2, 0) is 9.59 Å². The minimum Gasteiger partial charge on any atom is -0.289 e. The molecule has 0 amide bonds. The van der Waals surface area contributed by atoms with Crippen LogP contribution in [0.5, 0.6) is 0 Å². The molecule has 0 saturated heterocycles. The smallest absolute Gasteiger partial charge is 0.289 e. The molecule has 0 spiro atoms. The van der Waals surface area contributed by atoms with Gasteiger partial charge in [0.1, 0.15) is 0 Å². The summed E-state index contributed by atoms with van der Waals surface area (Å²) in [4.78, 5) is 21.8. The number of unbranched alkanes of at least 4 members (excludes halogenated alkanes) is 6. The van der Waals surface area contributed by atoms with E-state index in [0.717, 1.165) is 19.3 Å². The van der Waals surface area contributed by atoms with Crippen LogP contribution in [0.4, 0.5) is 13.2 Å². The number of rotatable bonds is 10. The minimum atomic E-state index is -4.83. The van der Waals surface area contributed by atoms with Crippen LogP contribution >= 0.6 is 11.8 Å².